The maximum Gasteiger partial charge on any atom is 0.329 e. The molecular formula is C22H27F2N4O2S+. The van der Waals surface area contributed by atoms with Gasteiger partial charge in [0.25, 0.3) is 0 Å². The van der Waals surface area contributed by atoms with Crippen molar-refractivity contribution in [3.63, 3.8) is 0 Å². The molecule has 1 aromatic heterocycles. The van der Waals surface area contributed by atoms with Gasteiger partial charge in [0, 0.05) is 50.3 Å². The van der Waals surface area contributed by atoms with Crippen LogP contribution in [-0.4, -0.2) is 52.3 Å². The van der Waals surface area contributed by atoms with Crippen LogP contribution < -0.4 is 10.2 Å². The first-order valence-electron chi connectivity index (χ1n) is 11.0. The van der Waals surface area contributed by atoms with Gasteiger partial charge in [0.15, 0.2) is 5.82 Å². The molecule has 0 bridgehead atoms. The molecule has 5 rings (SSSR count). The van der Waals surface area contributed by atoms with Gasteiger partial charge in [0.05, 0.1) is 29.6 Å². The largest absolute Gasteiger partial charge is 0.381 e. The summed E-state index contributed by atoms with van der Waals surface area (Å²) in [5.41, 5.74) is 1.48. The minimum absolute atomic E-state index is 0.0751. The maximum absolute atomic E-state index is 14.2. The fourth-order valence-electron chi connectivity index (χ4n) is 4.82. The highest BCUT2D eigenvalue weighted by Crippen LogP contribution is 2.31. The molecule has 9 heteroatoms. The van der Waals surface area contributed by atoms with Crippen molar-refractivity contribution in [2.45, 2.75) is 49.0 Å². The number of hydrogen-bond donors (Lipinski definition) is 2. The average molecular weight is 450 g/mol. The van der Waals surface area contributed by atoms with Gasteiger partial charge in [-0.25, -0.2) is 8.78 Å². The van der Waals surface area contributed by atoms with E-state index in [1.807, 2.05) is 0 Å². The quantitative estimate of drug-likeness (QED) is 0.748. The van der Waals surface area contributed by atoms with Gasteiger partial charge >= 0.3 is 5.95 Å². The van der Waals surface area contributed by atoms with Crippen molar-refractivity contribution in [2.24, 2.45) is 0 Å². The molecule has 0 amide bonds. The normalized spacial score (nSPS) is 26.6. The highest BCUT2D eigenvalue weighted by Gasteiger charge is 2.33. The second-order valence-electron chi connectivity index (χ2n) is 8.55. The summed E-state index contributed by atoms with van der Waals surface area (Å²) in [5, 5.41) is 3.52. The van der Waals surface area contributed by atoms with Gasteiger partial charge in [-0.1, -0.05) is 6.07 Å². The van der Waals surface area contributed by atoms with Gasteiger partial charge in [0.2, 0.25) is 0 Å². The summed E-state index contributed by atoms with van der Waals surface area (Å²) in [6.45, 7) is 3.00. The second-order valence-corrected chi connectivity index (χ2v) is 10.1. The van der Waals surface area contributed by atoms with Crippen LogP contribution in [0.5, 0.6) is 0 Å². The van der Waals surface area contributed by atoms with Crippen molar-refractivity contribution in [2.75, 3.05) is 37.4 Å². The molecular weight excluding hydrogens is 422 g/mol. The summed E-state index contributed by atoms with van der Waals surface area (Å²) < 4.78 is 45.5. The Bertz CT molecular complexity index is 992. The number of nitrogens with zero attached hydrogens (tertiary/aromatic N) is 2. The summed E-state index contributed by atoms with van der Waals surface area (Å²) in [5.74, 6) is 1.10. The maximum atomic E-state index is 14.2. The van der Waals surface area contributed by atoms with E-state index in [0.717, 1.165) is 79.5 Å². The van der Waals surface area contributed by atoms with Crippen LogP contribution in [0, 0.1) is 11.6 Å². The van der Waals surface area contributed by atoms with E-state index < -0.39 is 22.4 Å². The predicted molar refractivity (Wildman–Crippen MR) is 113 cm³/mol. The number of fused-ring (bicyclic) bond motifs is 1. The van der Waals surface area contributed by atoms with Gasteiger partial charge in [-0.3, -0.25) is 9.11 Å². The molecule has 6 nitrogen and oxygen atoms in total. The number of quaternary nitrogens is 1. The second kappa shape index (κ2) is 8.88. The Hall–Kier alpha value is -1.97. The minimum atomic E-state index is -1.06. The van der Waals surface area contributed by atoms with Crippen molar-refractivity contribution in [1.29, 1.82) is 0 Å². The van der Waals surface area contributed by atoms with Crippen molar-refractivity contribution in [3.8, 4) is 0 Å². The molecule has 2 fully saturated rings. The molecule has 4 heterocycles. The molecule has 3 aliphatic rings. The van der Waals surface area contributed by atoms with Crippen LogP contribution in [0.25, 0.3) is 0 Å². The monoisotopic (exact) mass is 449 g/mol. The van der Waals surface area contributed by atoms with E-state index in [0.29, 0.717) is 23.6 Å². The lowest BCUT2D eigenvalue weighted by Gasteiger charge is -2.29. The van der Waals surface area contributed by atoms with Gasteiger partial charge in [-0.05, 0) is 30.4 Å². The molecule has 31 heavy (non-hydrogen) atoms. The molecule has 1 unspecified atom stereocenters. The van der Waals surface area contributed by atoms with Gasteiger partial charge < -0.3 is 10.1 Å². The summed E-state index contributed by atoms with van der Waals surface area (Å²) in [4.78, 5) is 11.5. The lowest BCUT2D eigenvalue weighted by Crippen LogP contribution is -3.09. The summed E-state index contributed by atoms with van der Waals surface area (Å²) in [6, 6.07) is 4.12. The molecule has 2 N–H and O–H groups in total. The number of halogens is 2. The topological polar surface area (TPSA) is 68.5 Å². The van der Waals surface area contributed by atoms with E-state index in [4.69, 9.17) is 14.7 Å². The first kappa shape index (κ1) is 20.9. The molecule has 0 spiro atoms. The Morgan fingerprint density at radius 1 is 1.10 bits per heavy atom. The predicted octanol–water partition coefficient (Wildman–Crippen LogP) is 2.10. The SMILES string of the molecule is O=S1CCc2nc([NH+]3CCC(c4ccc(F)cc4F)CC3)nc(NC3CCOCC3)c21. The van der Waals surface area contributed by atoms with Crippen LogP contribution in [0.4, 0.5) is 20.5 Å². The van der Waals surface area contributed by atoms with Crippen LogP contribution in [0.15, 0.2) is 23.1 Å². The molecule has 0 radical (unpaired) electrons. The summed E-state index contributed by atoms with van der Waals surface area (Å²) >= 11 is 0. The molecule has 1 atom stereocenters. The first-order chi connectivity index (χ1) is 15.1. The number of aryl methyl sites for hydroxylation is 1. The van der Waals surface area contributed by atoms with E-state index in [9.17, 15) is 13.0 Å². The fourth-order valence-corrected chi connectivity index (χ4v) is 6.14. The lowest BCUT2D eigenvalue weighted by molar-refractivity contribution is -0.844. The fraction of sp³-hybridized carbons (Fsp3) is 0.545. The van der Waals surface area contributed by atoms with Crippen molar-refractivity contribution in [1.82, 2.24) is 9.97 Å². The number of rotatable bonds is 4. The summed E-state index contributed by atoms with van der Waals surface area (Å²) in [6.07, 6.45) is 4.08. The van der Waals surface area contributed by atoms with E-state index in [-0.39, 0.29) is 12.0 Å². The Kier molecular flexibility index (Phi) is 5.99. The van der Waals surface area contributed by atoms with Crippen LogP contribution in [0.1, 0.15) is 42.9 Å². The van der Waals surface area contributed by atoms with Gasteiger partial charge in [-0.15, -0.1) is 0 Å². The van der Waals surface area contributed by atoms with Gasteiger partial charge in [-0.2, -0.15) is 9.97 Å². The molecule has 0 aliphatic carbocycles. The van der Waals surface area contributed by atoms with E-state index >= 15 is 0 Å². The first-order valence-corrected chi connectivity index (χ1v) is 12.3. The van der Waals surface area contributed by atoms with Crippen LogP contribution in [0.3, 0.4) is 0 Å². The zero-order valence-corrected chi connectivity index (χ0v) is 18.1. The Balaban J connectivity index is 1.34. The highest BCUT2D eigenvalue weighted by atomic mass is 32.2. The molecule has 2 saturated heterocycles. The molecule has 2 aromatic rings. The zero-order valence-electron chi connectivity index (χ0n) is 17.3. The molecule has 3 aliphatic heterocycles. The Morgan fingerprint density at radius 2 is 1.87 bits per heavy atom. The minimum Gasteiger partial charge on any atom is -0.381 e. The van der Waals surface area contributed by atoms with Crippen molar-refractivity contribution in [3.05, 3.63) is 41.1 Å². The molecule has 1 aromatic carbocycles. The zero-order chi connectivity index (χ0) is 21.4. The Labute approximate surface area is 182 Å². The van der Waals surface area contributed by atoms with Crippen molar-refractivity contribution >= 4 is 22.6 Å². The van der Waals surface area contributed by atoms with Crippen LogP contribution in [0.2, 0.25) is 0 Å². The van der Waals surface area contributed by atoms with Crippen molar-refractivity contribution < 1.29 is 22.6 Å². The van der Waals surface area contributed by atoms with Crippen LogP contribution >= 0.6 is 0 Å². The van der Waals surface area contributed by atoms with E-state index in [2.05, 4.69) is 5.32 Å². The number of benzene rings is 1. The van der Waals surface area contributed by atoms with E-state index in [1.165, 1.54) is 6.07 Å². The number of aromatic nitrogens is 2. The number of ether oxygens (including phenoxy) is 1. The van der Waals surface area contributed by atoms with Crippen LogP contribution in [-0.2, 0) is 22.0 Å². The Morgan fingerprint density at radius 3 is 2.61 bits per heavy atom. The summed E-state index contributed by atoms with van der Waals surface area (Å²) in [7, 11) is -1.06. The third-order valence-corrected chi connectivity index (χ3v) is 8.02. The third-order valence-electron chi connectivity index (χ3n) is 6.56. The molecule has 166 valence electrons. The van der Waals surface area contributed by atoms with Gasteiger partial charge in [0.1, 0.15) is 16.5 Å². The molecule has 0 saturated carbocycles. The van der Waals surface area contributed by atoms with E-state index in [1.54, 1.807) is 6.07 Å². The number of nitrogens with one attached hydrogen (secondary N) is 2. The third kappa shape index (κ3) is 4.36. The average Bonchev–Trinajstić information content (AvgIpc) is 3.16. The lowest BCUT2D eigenvalue weighted by atomic mass is 9.89. The highest BCUT2D eigenvalue weighted by molar-refractivity contribution is 7.85. The standard InChI is InChI=1S/C22H26F2N4O2S/c23-15-1-2-17(18(24)13-15)14-3-8-28(9-4-14)22-26-19-7-12-31(29)20(19)21(27-22)25-16-5-10-30-11-6-16/h1-2,13-14,16H,3-12H2,(H,25,26,27)/p+1. The number of hydrogen-bond acceptors (Lipinski definition) is 5. The number of anilines is 1. The number of piperidine rings is 1. The smallest absolute Gasteiger partial charge is 0.329 e.